The Morgan fingerprint density at radius 3 is 2.59 bits per heavy atom. The Bertz CT molecular complexity index is 488. The number of hydrogen-bond acceptors (Lipinski definition) is 4. The lowest BCUT2D eigenvalue weighted by molar-refractivity contribution is -0.385. The molecule has 0 bridgehead atoms. The monoisotopic (exact) mass is 302 g/mol. The first-order valence-corrected chi connectivity index (χ1v) is 5.14. The van der Waals surface area contributed by atoms with Gasteiger partial charge in [-0.1, -0.05) is 15.9 Å². The van der Waals surface area contributed by atoms with Gasteiger partial charge in [0.25, 0.3) is 11.6 Å². The Morgan fingerprint density at radius 1 is 1.41 bits per heavy atom. The summed E-state index contributed by atoms with van der Waals surface area (Å²) in [5, 5.41) is 21.0. The molecule has 0 atom stereocenters. The van der Waals surface area contributed by atoms with Crippen LogP contribution in [-0.4, -0.2) is 28.5 Å². The molecule has 1 aromatic rings. The summed E-state index contributed by atoms with van der Waals surface area (Å²) in [5.74, 6) is -1.88. The number of benzene rings is 1. The van der Waals surface area contributed by atoms with E-state index >= 15 is 0 Å². The fourth-order valence-corrected chi connectivity index (χ4v) is 1.55. The average Bonchev–Trinajstić information content (AvgIpc) is 2.24. The average molecular weight is 303 g/mol. The Hall–Kier alpha value is -1.96. The summed E-state index contributed by atoms with van der Waals surface area (Å²) < 4.78 is 0.368. The third-order valence-electron chi connectivity index (χ3n) is 1.76. The van der Waals surface area contributed by atoms with Crippen LogP contribution in [0.3, 0.4) is 0 Å². The standard InChI is InChI=1S/C9H7BrN2O5/c10-6-1-5(2-7(3-6)12(16)17)9(15)11-4-8(13)14/h1-3H,4H2,(H,11,15)(H,13,14). The molecule has 0 saturated carbocycles. The summed E-state index contributed by atoms with van der Waals surface area (Å²) in [7, 11) is 0. The normalized spacial score (nSPS) is 9.71. The number of aliphatic carboxylic acids is 1. The second kappa shape index (κ2) is 5.39. The summed E-state index contributed by atoms with van der Waals surface area (Å²) in [5.41, 5.74) is -0.229. The second-order valence-corrected chi connectivity index (χ2v) is 3.95. The molecule has 0 radical (unpaired) electrons. The number of nitro groups is 1. The first-order chi connectivity index (χ1) is 7.90. The van der Waals surface area contributed by atoms with Gasteiger partial charge in [0.15, 0.2) is 0 Å². The van der Waals surface area contributed by atoms with E-state index in [0.717, 1.165) is 6.07 Å². The van der Waals surface area contributed by atoms with E-state index in [1.165, 1.54) is 12.1 Å². The molecule has 0 aliphatic rings. The molecule has 17 heavy (non-hydrogen) atoms. The van der Waals surface area contributed by atoms with Gasteiger partial charge in [0.2, 0.25) is 0 Å². The first kappa shape index (κ1) is 13.1. The van der Waals surface area contributed by atoms with Gasteiger partial charge in [0, 0.05) is 22.2 Å². The van der Waals surface area contributed by atoms with Crippen molar-refractivity contribution in [1.29, 1.82) is 0 Å². The van der Waals surface area contributed by atoms with Gasteiger partial charge in [0.1, 0.15) is 6.54 Å². The molecule has 90 valence electrons. The van der Waals surface area contributed by atoms with Crippen molar-refractivity contribution in [3.63, 3.8) is 0 Å². The zero-order valence-corrected chi connectivity index (χ0v) is 9.93. The highest BCUT2D eigenvalue weighted by atomic mass is 79.9. The highest BCUT2D eigenvalue weighted by molar-refractivity contribution is 9.10. The van der Waals surface area contributed by atoms with Gasteiger partial charge in [-0.05, 0) is 6.07 Å². The van der Waals surface area contributed by atoms with Crippen LogP contribution in [-0.2, 0) is 4.79 Å². The molecule has 0 aliphatic heterocycles. The molecule has 2 N–H and O–H groups in total. The Kier molecular flexibility index (Phi) is 4.16. The van der Waals surface area contributed by atoms with E-state index in [9.17, 15) is 19.7 Å². The molecule has 1 rings (SSSR count). The smallest absolute Gasteiger partial charge is 0.322 e. The molecule has 0 saturated heterocycles. The van der Waals surface area contributed by atoms with Crippen molar-refractivity contribution in [2.45, 2.75) is 0 Å². The lowest BCUT2D eigenvalue weighted by atomic mass is 10.2. The van der Waals surface area contributed by atoms with E-state index in [2.05, 4.69) is 21.2 Å². The van der Waals surface area contributed by atoms with Crippen LogP contribution in [0.15, 0.2) is 22.7 Å². The van der Waals surface area contributed by atoms with Crippen LogP contribution in [0, 0.1) is 10.1 Å². The van der Waals surface area contributed by atoms with Gasteiger partial charge in [0.05, 0.1) is 4.92 Å². The number of hydrogen-bond donors (Lipinski definition) is 2. The topological polar surface area (TPSA) is 110 Å². The molecule has 1 amide bonds. The number of amides is 1. The third kappa shape index (κ3) is 3.83. The van der Waals surface area contributed by atoms with Crippen LogP contribution in [0.4, 0.5) is 5.69 Å². The van der Waals surface area contributed by atoms with E-state index in [4.69, 9.17) is 5.11 Å². The van der Waals surface area contributed by atoms with Crippen molar-refractivity contribution in [1.82, 2.24) is 5.32 Å². The molecule has 0 fully saturated rings. The maximum absolute atomic E-state index is 11.5. The van der Waals surface area contributed by atoms with Crippen molar-refractivity contribution in [2.24, 2.45) is 0 Å². The Labute approximate surface area is 104 Å². The lowest BCUT2D eigenvalue weighted by Crippen LogP contribution is -2.29. The Balaban J connectivity index is 2.93. The highest BCUT2D eigenvalue weighted by Crippen LogP contribution is 2.21. The number of carboxylic acid groups (broad SMARTS) is 1. The van der Waals surface area contributed by atoms with Gasteiger partial charge >= 0.3 is 5.97 Å². The molecular weight excluding hydrogens is 296 g/mol. The number of carboxylic acids is 1. The van der Waals surface area contributed by atoms with Gasteiger partial charge in [-0.3, -0.25) is 19.7 Å². The number of rotatable bonds is 4. The maximum Gasteiger partial charge on any atom is 0.322 e. The summed E-state index contributed by atoms with van der Waals surface area (Å²) >= 11 is 3.03. The predicted octanol–water partition coefficient (Wildman–Crippen LogP) is 1.17. The predicted molar refractivity (Wildman–Crippen MR) is 60.8 cm³/mol. The van der Waals surface area contributed by atoms with Crippen molar-refractivity contribution >= 4 is 33.5 Å². The van der Waals surface area contributed by atoms with Crippen molar-refractivity contribution < 1.29 is 19.6 Å². The van der Waals surface area contributed by atoms with E-state index < -0.39 is 23.3 Å². The van der Waals surface area contributed by atoms with E-state index in [0.29, 0.717) is 4.47 Å². The number of carbonyl (C=O) groups excluding carboxylic acids is 1. The van der Waals surface area contributed by atoms with Gasteiger partial charge in [-0.25, -0.2) is 0 Å². The quantitative estimate of drug-likeness (QED) is 0.641. The van der Waals surface area contributed by atoms with Crippen molar-refractivity contribution in [3.8, 4) is 0 Å². The highest BCUT2D eigenvalue weighted by Gasteiger charge is 2.14. The van der Waals surface area contributed by atoms with Gasteiger partial charge < -0.3 is 10.4 Å². The minimum absolute atomic E-state index is 0.0207. The zero-order chi connectivity index (χ0) is 13.0. The summed E-state index contributed by atoms with van der Waals surface area (Å²) in [6.45, 7) is -0.543. The molecule has 0 heterocycles. The minimum Gasteiger partial charge on any atom is -0.480 e. The summed E-state index contributed by atoms with van der Waals surface area (Å²) in [6, 6.07) is 3.68. The largest absolute Gasteiger partial charge is 0.480 e. The number of nitrogens with zero attached hydrogens (tertiary/aromatic N) is 1. The van der Waals surface area contributed by atoms with E-state index in [1.807, 2.05) is 0 Å². The third-order valence-corrected chi connectivity index (χ3v) is 2.21. The molecular formula is C9H7BrN2O5. The number of nitrogens with one attached hydrogen (secondary N) is 1. The van der Waals surface area contributed by atoms with E-state index in [1.54, 1.807) is 0 Å². The fraction of sp³-hybridized carbons (Fsp3) is 0.111. The van der Waals surface area contributed by atoms with Gasteiger partial charge in [-0.15, -0.1) is 0 Å². The van der Waals surface area contributed by atoms with Crippen molar-refractivity contribution in [2.75, 3.05) is 6.54 Å². The van der Waals surface area contributed by atoms with Gasteiger partial charge in [-0.2, -0.15) is 0 Å². The van der Waals surface area contributed by atoms with Crippen LogP contribution in [0.25, 0.3) is 0 Å². The SMILES string of the molecule is O=C(O)CNC(=O)c1cc(Br)cc([N+](=O)[O-])c1. The van der Waals surface area contributed by atoms with Crippen LogP contribution in [0.2, 0.25) is 0 Å². The lowest BCUT2D eigenvalue weighted by Gasteiger charge is -2.03. The minimum atomic E-state index is -1.19. The second-order valence-electron chi connectivity index (χ2n) is 3.03. The summed E-state index contributed by atoms with van der Waals surface area (Å²) in [6.07, 6.45) is 0. The van der Waals surface area contributed by atoms with Crippen LogP contribution in [0.1, 0.15) is 10.4 Å². The molecule has 0 aromatic heterocycles. The van der Waals surface area contributed by atoms with Crippen LogP contribution >= 0.6 is 15.9 Å². The van der Waals surface area contributed by atoms with Crippen molar-refractivity contribution in [3.05, 3.63) is 38.3 Å². The fourth-order valence-electron chi connectivity index (χ4n) is 1.07. The molecule has 0 aliphatic carbocycles. The number of nitro benzene ring substituents is 1. The van der Waals surface area contributed by atoms with Crippen LogP contribution in [0.5, 0.6) is 0 Å². The molecule has 7 nitrogen and oxygen atoms in total. The molecule has 1 aromatic carbocycles. The number of non-ortho nitro benzene ring substituents is 1. The molecule has 0 spiro atoms. The zero-order valence-electron chi connectivity index (χ0n) is 8.34. The maximum atomic E-state index is 11.5. The van der Waals surface area contributed by atoms with Crippen LogP contribution < -0.4 is 5.32 Å². The Morgan fingerprint density at radius 2 is 2.06 bits per heavy atom. The number of carbonyl (C=O) groups is 2. The molecule has 8 heteroatoms. The first-order valence-electron chi connectivity index (χ1n) is 4.35. The molecule has 0 unspecified atom stereocenters. The van der Waals surface area contributed by atoms with E-state index in [-0.39, 0.29) is 11.3 Å². The summed E-state index contributed by atoms with van der Waals surface area (Å²) in [4.78, 5) is 31.6. The number of halogens is 1.